The molecule has 1 aliphatic rings. The molecule has 1 fully saturated rings. The van der Waals surface area contributed by atoms with Crippen molar-refractivity contribution in [3.05, 3.63) is 83.0 Å². The van der Waals surface area contributed by atoms with Crippen molar-refractivity contribution in [2.75, 3.05) is 49.2 Å². The normalized spacial score (nSPS) is 14.1. The van der Waals surface area contributed by atoms with Crippen molar-refractivity contribution in [2.24, 2.45) is 0 Å². The van der Waals surface area contributed by atoms with E-state index in [2.05, 4.69) is 37.7 Å². The third-order valence-electron chi connectivity index (χ3n) is 6.22. The van der Waals surface area contributed by atoms with Crippen molar-refractivity contribution < 1.29 is 22.8 Å². The van der Waals surface area contributed by atoms with Gasteiger partial charge < -0.3 is 20.9 Å². The lowest BCUT2D eigenvalue weighted by atomic mass is 10.0. The Labute approximate surface area is 230 Å². The van der Waals surface area contributed by atoms with Crippen LogP contribution >= 0.6 is 0 Å². The number of urea groups is 1. The van der Waals surface area contributed by atoms with E-state index in [4.69, 9.17) is 0 Å². The predicted molar refractivity (Wildman–Crippen MR) is 148 cm³/mol. The van der Waals surface area contributed by atoms with Crippen LogP contribution in [0, 0.1) is 11.8 Å². The molecular weight excluding hydrogens is 521 g/mol. The van der Waals surface area contributed by atoms with E-state index in [9.17, 15) is 22.8 Å². The van der Waals surface area contributed by atoms with E-state index in [-0.39, 0.29) is 23.7 Å². The number of pyridine rings is 1. The molecule has 0 atom stereocenters. The number of anilines is 3. The Bertz CT molecular complexity index is 1400. The van der Waals surface area contributed by atoms with Gasteiger partial charge in [0.2, 0.25) is 5.91 Å². The summed E-state index contributed by atoms with van der Waals surface area (Å²) < 4.78 is 41.4. The number of aromatic nitrogens is 1. The Morgan fingerprint density at radius 2 is 1.50 bits per heavy atom. The molecule has 0 unspecified atom stereocenters. The smallest absolute Gasteiger partial charge is 0.311 e. The first kappa shape index (κ1) is 28.6. The van der Waals surface area contributed by atoms with Crippen LogP contribution in [-0.4, -0.2) is 59.9 Å². The molecular formula is C29H29F3N6O2. The molecule has 4 rings (SSSR count). The van der Waals surface area contributed by atoms with E-state index in [0.717, 1.165) is 19.2 Å². The van der Waals surface area contributed by atoms with E-state index < -0.39 is 17.8 Å². The molecule has 0 spiro atoms. The topological polar surface area (TPSA) is 89.6 Å². The van der Waals surface area contributed by atoms with Crippen molar-refractivity contribution in [3.63, 3.8) is 0 Å². The number of nitrogens with one attached hydrogen (secondary N) is 3. The van der Waals surface area contributed by atoms with Crippen LogP contribution in [0.5, 0.6) is 0 Å². The van der Waals surface area contributed by atoms with Crippen LogP contribution in [0.2, 0.25) is 0 Å². The summed E-state index contributed by atoms with van der Waals surface area (Å²) >= 11 is 0. The molecule has 3 N–H and O–H groups in total. The first-order valence-corrected chi connectivity index (χ1v) is 12.6. The van der Waals surface area contributed by atoms with Crippen molar-refractivity contribution in [2.45, 2.75) is 19.6 Å². The Morgan fingerprint density at radius 3 is 2.12 bits per heavy atom. The van der Waals surface area contributed by atoms with Crippen LogP contribution < -0.4 is 16.0 Å². The quantitative estimate of drug-likeness (QED) is 0.396. The van der Waals surface area contributed by atoms with Gasteiger partial charge in [-0.2, -0.15) is 13.2 Å². The summed E-state index contributed by atoms with van der Waals surface area (Å²) in [5.41, 5.74) is 1.26. The highest BCUT2D eigenvalue weighted by Crippen LogP contribution is 2.34. The molecule has 11 heteroatoms. The maximum absolute atomic E-state index is 13.8. The number of carbonyl (C=O) groups excluding carboxylic acids is 2. The molecule has 0 aliphatic carbocycles. The van der Waals surface area contributed by atoms with E-state index in [1.807, 2.05) is 11.9 Å². The second-order valence-electron chi connectivity index (χ2n) is 9.47. The molecule has 208 valence electrons. The molecule has 0 saturated carbocycles. The number of piperazine rings is 1. The van der Waals surface area contributed by atoms with Gasteiger partial charge in [0.15, 0.2) is 0 Å². The average molecular weight is 551 g/mol. The molecule has 3 amide bonds. The van der Waals surface area contributed by atoms with Crippen molar-refractivity contribution in [3.8, 4) is 11.8 Å². The lowest BCUT2D eigenvalue weighted by Crippen LogP contribution is -2.44. The largest absolute Gasteiger partial charge is 0.416 e. The molecule has 2 aromatic carbocycles. The van der Waals surface area contributed by atoms with Crippen LogP contribution in [0.1, 0.15) is 29.2 Å². The zero-order valence-corrected chi connectivity index (χ0v) is 22.1. The number of carbonyl (C=O) groups is 2. The van der Waals surface area contributed by atoms with E-state index in [0.29, 0.717) is 35.7 Å². The fourth-order valence-electron chi connectivity index (χ4n) is 4.10. The van der Waals surface area contributed by atoms with Gasteiger partial charge in [0, 0.05) is 68.3 Å². The van der Waals surface area contributed by atoms with Crippen LogP contribution in [0.25, 0.3) is 0 Å². The highest BCUT2D eigenvalue weighted by molar-refractivity contribution is 5.99. The Balaban J connectivity index is 1.36. The van der Waals surface area contributed by atoms with Crippen LogP contribution in [0.3, 0.4) is 0 Å². The average Bonchev–Trinajstić information content (AvgIpc) is 2.90. The highest BCUT2D eigenvalue weighted by atomic mass is 19.4. The van der Waals surface area contributed by atoms with Crippen molar-refractivity contribution >= 4 is 29.1 Å². The van der Waals surface area contributed by atoms with E-state index in [1.165, 1.54) is 19.1 Å². The zero-order chi connectivity index (χ0) is 28.7. The molecule has 40 heavy (non-hydrogen) atoms. The van der Waals surface area contributed by atoms with Gasteiger partial charge in [0.25, 0.3) is 0 Å². The summed E-state index contributed by atoms with van der Waals surface area (Å²) in [6.07, 6.45) is -3.00. The molecule has 2 heterocycles. The molecule has 8 nitrogen and oxygen atoms in total. The molecule has 0 bridgehead atoms. The Morgan fingerprint density at radius 1 is 0.875 bits per heavy atom. The predicted octanol–water partition coefficient (Wildman–Crippen LogP) is 4.85. The van der Waals surface area contributed by atoms with Crippen molar-refractivity contribution in [1.29, 1.82) is 0 Å². The van der Waals surface area contributed by atoms with Gasteiger partial charge in [0.05, 0.1) is 5.56 Å². The minimum Gasteiger partial charge on any atom is -0.311 e. The second kappa shape index (κ2) is 12.6. The number of alkyl halides is 3. The number of benzene rings is 2. The number of nitrogens with zero attached hydrogens (tertiary/aromatic N) is 3. The number of hydrogen-bond donors (Lipinski definition) is 3. The van der Waals surface area contributed by atoms with Crippen LogP contribution in [0.4, 0.5) is 35.2 Å². The molecule has 1 aromatic heterocycles. The number of likely N-dealkylation sites (N-methyl/N-ethyl adjacent to an activating group) is 1. The molecule has 1 aliphatic heterocycles. The lowest BCUT2D eigenvalue weighted by molar-refractivity contribution is -0.138. The minimum absolute atomic E-state index is 0.0487. The van der Waals surface area contributed by atoms with Gasteiger partial charge in [-0.1, -0.05) is 17.9 Å². The Kier molecular flexibility index (Phi) is 9.04. The van der Waals surface area contributed by atoms with Gasteiger partial charge in [-0.15, -0.1) is 0 Å². The molecule has 0 radical (unpaired) electrons. The van der Waals surface area contributed by atoms with E-state index >= 15 is 0 Å². The fraction of sp³-hybridized carbons (Fsp3) is 0.276. The van der Waals surface area contributed by atoms with Gasteiger partial charge in [-0.3, -0.25) is 9.69 Å². The summed E-state index contributed by atoms with van der Waals surface area (Å²) in [7, 11) is 1.99. The lowest BCUT2D eigenvalue weighted by Gasteiger charge is -2.33. The van der Waals surface area contributed by atoms with Gasteiger partial charge in [-0.05, 0) is 61.1 Å². The van der Waals surface area contributed by atoms with Gasteiger partial charge >= 0.3 is 12.2 Å². The van der Waals surface area contributed by atoms with Gasteiger partial charge in [0.1, 0.15) is 5.82 Å². The van der Waals surface area contributed by atoms with Crippen LogP contribution in [0.15, 0.2) is 60.8 Å². The Hall–Kier alpha value is -4.40. The summed E-state index contributed by atoms with van der Waals surface area (Å²) in [5.74, 6) is 6.16. The molecule has 3 aromatic rings. The van der Waals surface area contributed by atoms with Crippen molar-refractivity contribution in [1.82, 2.24) is 14.8 Å². The second-order valence-corrected chi connectivity index (χ2v) is 9.47. The molecule has 1 saturated heterocycles. The fourth-order valence-corrected chi connectivity index (χ4v) is 4.10. The highest BCUT2D eigenvalue weighted by Gasteiger charge is 2.34. The van der Waals surface area contributed by atoms with Gasteiger partial charge in [-0.25, -0.2) is 9.78 Å². The first-order chi connectivity index (χ1) is 19.0. The number of amides is 3. The standard InChI is InChI=1S/C29H29F3N6O2/c1-20(39)34-27-12-7-22(18-33-27)4-3-21-5-9-24(10-6-21)35-28(40)36-25-11-8-23(26(17-25)29(30,31)32)19-38-15-13-37(2)14-16-38/h5-12,17-18H,13-16,19H2,1-2H3,(H,33,34,39)(H2,35,36,40). The maximum Gasteiger partial charge on any atom is 0.416 e. The zero-order valence-electron chi connectivity index (χ0n) is 22.1. The summed E-state index contributed by atoms with van der Waals surface area (Å²) in [5, 5.41) is 7.68. The summed E-state index contributed by atoms with van der Waals surface area (Å²) in [4.78, 5) is 31.8. The maximum atomic E-state index is 13.8. The third kappa shape index (κ3) is 8.30. The summed E-state index contributed by atoms with van der Waals surface area (Å²) in [6.45, 7) is 4.61. The SMILES string of the molecule is CC(=O)Nc1ccc(C#Cc2ccc(NC(=O)Nc3ccc(CN4CCN(C)CC4)c(C(F)(F)F)c3)cc2)cn1. The minimum atomic E-state index is -4.55. The van der Waals surface area contributed by atoms with E-state index in [1.54, 1.807) is 42.6 Å². The number of rotatable bonds is 5. The summed E-state index contributed by atoms with van der Waals surface area (Å²) in [6, 6.07) is 13.3. The third-order valence-corrected chi connectivity index (χ3v) is 6.22. The number of halogens is 3. The first-order valence-electron chi connectivity index (χ1n) is 12.6. The monoisotopic (exact) mass is 550 g/mol. The number of hydrogen-bond acceptors (Lipinski definition) is 5. The van der Waals surface area contributed by atoms with Crippen LogP contribution in [-0.2, 0) is 17.5 Å².